The van der Waals surface area contributed by atoms with Crippen molar-refractivity contribution in [1.29, 1.82) is 0 Å². The third-order valence-electron chi connectivity index (χ3n) is 3.67. The number of thiocarbonyl (C=S) groups is 1. The molecule has 0 bridgehead atoms. The van der Waals surface area contributed by atoms with Gasteiger partial charge in [0.2, 0.25) is 0 Å². The molecule has 2 aromatic heterocycles. The molecule has 3 N–H and O–H groups in total. The highest BCUT2D eigenvalue weighted by Crippen LogP contribution is 2.26. The second kappa shape index (κ2) is 6.07. The standard InChI is InChI=1S/C15H18N4S2/c1-2-10-7-17-13(21-10)8-18-15-11(14(16)20)6-9-4-3-5-12(9)19-15/h6-7H,2-5,8H2,1H3,(H2,16,20)(H,18,19). The highest BCUT2D eigenvalue weighted by molar-refractivity contribution is 7.80. The van der Waals surface area contributed by atoms with Crippen LogP contribution in [0.1, 0.15) is 40.1 Å². The van der Waals surface area contributed by atoms with Gasteiger partial charge < -0.3 is 11.1 Å². The third-order valence-corrected chi connectivity index (χ3v) is 5.03. The number of fused-ring (bicyclic) bond motifs is 1. The Morgan fingerprint density at radius 1 is 1.48 bits per heavy atom. The van der Waals surface area contributed by atoms with Gasteiger partial charge in [-0.25, -0.2) is 9.97 Å². The molecule has 0 saturated carbocycles. The molecule has 0 aliphatic heterocycles. The maximum absolute atomic E-state index is 5.84. The van der Waals surface area contributed by atoms with Gasteiger partial charge in [-0.3, -0.25) is 0 Å². The van der Waals surface area contributed by atoms with Crippen molar-refractivity contribution in [1.82, 2.24) is 9.97 Å². The summed E-state index contributed by atoms with van der Waals surface area (Å²) in [6, 6.07) is 2.10. The average molecular weight is 318 g/mol. The van der Waals surface area contributed by atoms with Crippen LogP contribution in [0.25, 0.3) is 0 Å². The maximum atomic E-state index is 5.84. The first-order valence-electron chi connectivity index (χ1n) is 7.17. The Kier molecular flexibility index (Phi) is 4.17. The topological polar surface area (TPSA) is 63.8 Å². The molecule has 0 unspecified atom stereocenters. The van der Waals surface area contributed by atoms with Crippen LogP contribution in [-0.2, 0) is 25.8 Å². The first-order chi connectivity index (χ1) is 10.2. The van der Waals surface area contributed by atoms with Crippen molar-refractivity contribution in [3.05, 3.63) is 39.0 Å². The van der Waals surface area contributed by atoms with Gasteiger partial charge in [-0.05, 0) is 37.3 Å². The molecule has 2 heterocycles. The molecule has 1 aliphatic rings. The summed E-state index contributed by atoms with van der Waals surface area (Å²) in [5.74, 6) is 0.788. The second-order valence-electron chi connectivity index (χ2n) is 5.14. The lowest BCUT2D eigenvalue weighted by molar-refractivity contribution is 0.899. The van der Waals surface area contributed by atoms with E-state index in [9.17, 15) is 0 Å². The number of nitrogens with two attached hydrogens (primary N) is 1. The summed E-state index contributed by atoms with van der Waals surface area (Å²) in [4.78, 5) is 10.8. The van der Waals surface area contributed by atoms with Gasteiger partial charge in [-0.15, -0.1) is 11.3 Å². The first-order valence-corrected chi connectivity index (χ1v) is 8.40. The molecule has 0 saturated heterocycles. The molecule has 0 amide bonds. The van der Waals surface area contributed by atoms with E-state index in [1.54, 1.807) is 11.3 Å². The number of anilines is 1. The fraction of sp³-hybridized carbons (Fsp3) is 0.400. The Labute approximate surface area is 133 Å². The maximum Gasteiger partial charge on any atom is 0.136 e. The van der Waals surface area contributed by atoms with Gasteiger partial charge in [0.15, 0.2) is 0 Å². The van der Waals surface area contributed by atoms with E-state index in [2.05, 4.69) is 23.3 Å². The van der Waals surface area contributed by atoms with Crippen LogP contribution in [0.15, 0.2) is 12.3 Å². The normalized spacial score (nSPS) is 13.2. The van der Waals surface area contributed by atoms with E-state index in [0.29, 0.717) is 11.5 Å². The third kappa shape index (κ3) is 3.06. The number of aromatic nitrogens is 2. The van der Waals surface area contributed by atoms with Crippen LogP contribution in [0, 0.1) is 0 Å². The van der Waals surface area contributed by atoms with E-state index >= 15 is 0 Å². The number of nitrogens with zero attached hydrogens (tertiary/aromatic N) is 2. The number of nitrogens with one attached hydrogen (secondary N) is 1. The molecule has 0 aromatic carbocycles. The number of hydrogen-bond donors (Lipinski definition) is 2. The van der Waals surface area contributed by atoms with E-state index in [1.807, 2.05) is 6.20 Å². The zero-order valence-corrected chi connectivity index (χ0v) is 13.6. The molecule has 4 nitrogen and oxygen atoms in total. The lowest BCUT2D eigenvalue weighted by Gasteiger charge is -2.11. The SMILES string of the molecule is CCc1cnc(CNc2nc3c(cc2C(N)=S)CCC3)s1. The van der Waals surface area contributed by atoms with Crippen LogP contribution in [0.3, 0.4) is 0 Å². The predicted octanol–water partition coefficient (Wildman–Crippen LogP) is 2.84. The Morgan fingerprint density at radius 3 is 3.05 bits per heavy atom. The minimum atomic E-state index is 0.396. The van der Waals surface area contributed by atoms with Crippen LogP contribution in [-0.4, -0.2) is 15.0 Å². The second-order valence-corrected chi connectivity index (χ2v) is 6.78. The molecule has 110 valence electrons. The predicted molar refractivity (Wildman–Crippen MR) is 91.0 cm³/mol. The van der Waals surface area contributed by atoms with Crippen LogP contribution in [0.4, 0.5) is 5.82 Å². The number of hydrogen-bond acceptors (Lipinski definition) is 5. The summed E-state index contributed by atoms with van der Waals surface area (Å²) in [7, 11) is 0. The summed E-state index contributed by atoms with van der Waals surface area (Å²) < 4.78 is 0. The van der Waals surface area contributed by atoms with Gasteiger partial charge in [-0.1, -0.05) is 19.1 Å². The van der Waals surface area contributed by atoms with E-state index in [1.165, 1.54) is 16.1 Å². The molecule has 0 spiro atoms. The van der Waals surface area contributed by atoms with E-state index in [4.69, 9.17) is 22.9 Å². The lowest BCUT2D eigenvalue weighted by Crippen LogP contribution is -2.15. The van der Waals surface area contributed by atoms with Crippen LogP contribution in [0.2, 0.25) is 0 Å². The Hall–Kier alpha value is -1.53. The molecular formula is C15H18N4S2. The fourth-order valence-electron chi connectivity index (χ4n) is 2.55. The average Bonchev–Trinajstić information content (AvgIpc) is 3.12. The zero-order chi connectivity index (χ0) is 14.8. The molecule has 0 radical (unpaired) electrons. The quantitative estimate of drug-likeness (QED) is 0.830. The minimum Gasteiger partial charge on any atom is -0.389 e. The molecule has 6 heteroatoms. The number of rotatable bonds is 5. The summed E-state index contributed by atoms with van der Waals surface area (Å²) in [5, 5.41) is 4.41. The molecule has 1 aliphatic carbocycles. The molecule has 0 atom stereocenters. The van der Waals surface area contributed by atoms with Gasteiger partial charge >= 0.3 is 0 Å². The van der Waals surface area contributed by atoms with Gasteiger partial charge in [0.05, 0.1) is 12.1 Å². The van der Waals surface area contributed by atoms with Gasteiger partial charge in [-0.2, -0.15) is 0 Å². The highest BCUT2D eigenvalue weighted by Gasteiger charge is 2.17. The number of pyridine rings is 1. The van der Waals surface area contributed by atoms with E-state index < -0.39 is 0 Å². The summed E-state index contributed by atoms with van der Waals surface area (Å²) in [6.07, 6.45) is 6.23. The Balaban J connectivity index is 1.82. The molecule has 0 fully saturated rings. The van der Waals surface area contributed by atoms with Gasteiger partial charge in [0.1, 0.15) is 15.8 Å². The zero-order valence-electron chi connectivity index (χ0n) is 12.0. The summed E-state index contributed by atoms with van der Waals surface area (Å²) in [6.45, 7) is 2.80. The van der Waals surface area contributed by atoms with E-state index in [-0.39, 0.29) is 0 Å². The van der Waals surface area contributed by atoms with Crippen molar-refractivity contribution < 1.29 is 0 Å². The largest absolute Gasteiger partial charge is 0.389 e. The van der Waals surface area contributed by atoms with Gasteiger partial charge in [0.25, 0.3) is 0 Å². The summed E-state index contributed by atoms with van der Waals surface area (Å²) >= 11 is 6.89. The smallest absolute Gasteiger partial charge is 0.136 e. The lowest BCUT2D eigenvalue weighted by atomic mass is 10.1. The Morgan fingerprint density at radius 2 is 2.33 bits per heavy atom. The van der Waals surface area contributed by atoms with Crippen LogP contribution in [0.5, 0.6) is 0 Å². The summed E-state index contributed by atoms with van der Waals surface area (Å²) in [5.41, 5.74) is 9.14. The van der Waals surface area contributed by atoms with Crippen LogP contribution < -0.4 is 11.1 Å². The van der Waals surface area contributed by atoms with Crippen molar-refractivity contribution in [3.8, 4) is 0 Å². The van der Waals surface area contributed by atoms with Crippen molar-refractivity contribution in [2.24, 2.45) is 5.73 Å². The van der Waals surface area contributed by atoms with Gasteiger partial charge in [0, 0.05) is 16.8 Å². The number of thiazole rings is 1. The molecule has 21 heavy (non-hydrogen) atoms. The van der Waals surface area contributed by atoms with Crippen molar-refractivity contribution in [2.75, 3.05) is 5.32 Å². The Bertz CT molecular complexity index is 678. The fourth-order valence-corrected chi connectivity index (χ4v) is 3.50. The van der Waals surface area contributed by atoms with E-state index in [0.717, 1.165) is 42.1 Å². The van der Waals surface area contributed by atoms with Crippen molar-refractivity contribution >= 4 is 34.4 Å². The van der Waals surface area contributed by atoms with Crippen molar-refractivity contribution in [3.63, 3.8) is 0 Å². The molecular weight excluding hydrogens is 300 g/mol. The monoisotopic (exact) mass is 318 g/mol. The highest BCUT2D eigenvalue weighted by atomic mass is 32.1. The van der Waals surface area contributed by atoms with Crippen LogP contribution >= 0.6 is 23.6 Å². The minimum absolute atomic E-state index is 0.396. The van der Waals surface area contributed by atoms with Crippen molar-refractivity contribution in [2.45, 2.75) is 39.2 Å². The number of aryl methyl sites for hydroxylation is 3. The molecule has 3 rings (SSSR count). The first kappa shape index (κ1) is 14.4. The molecule has 2 aromatic rings.